The summed E-state index contributed by atoms with van der Waals surface area (Å²) in [5.74, 6) is -0.721. The molecule has 0 saturated carbocycles. The largest absolute Gasteiger partial charge is 0.481 e. The van der Waals surface area contributed by atoms with Gasteiger partial charge in [-0.15, -0.1) is 0 Å². The van der Waals surface area contributed by atoms with Gasteiger partial charge in [-0.2, -0.15) is 8.78 Å². The van der Waals surface area contributed by atoms with Crippen molar-refractivity contribution in [3.8, 4) is 5.75 Å². The van der Waals surface area contributed by atoms with Crippen molar-refractivity contribution in [3.63, 3.8) is 0 Å². The molecule has 1 aromatic carbocycles. The first-order chi connectivity index (χ1) is 9.38. The summed E-state index contributed by atoms with van der Waals surface area (Å²) in [7, 11) is 0. The van der Waals surface area contributed by atoms with Crippen molar-refractivity contribution in [1.29, 1.82) is 0 Å². The summed E-state index contributed by atoms with van der Waals surface area (Å²) in [5, 5.41) is 8.72. The van der Waals surface area contributed by atoms with E-state index in [4.69, 9.17) is 5.11 Å². The van der Waals surface area contributed by atoms with E-state index in [1.165, 1.54) is 12.1 Å². The van der Waals surface area contributed by atoms with E-state index in [0.717, 1.165) is 5.56 Å². The monoisotopic (exact) mass is 287 g/mol. The van der Waals surface area contributed by atoms with Gasteiger partial charge in [0.05, 0.1) is 6.42 Å². The fourth-order valence-electron chi connectivity index (χ4n) is 1.77. The molecular formula is C14H19F2NO3. The third-order valence-electron chi connectivity index (χ3n) is 2.88. The highest BCUT2D eigenvalue weighted by molar-refractivity contribution is 5.66. The van der Waals surface area contributed by atoms with Gasteiger partial charge < -0.3 is 9.84 Å². The third kappa shape index (κ3) is 5.97. The lowest BCUT2D eigenvalue weighted by Crippen LogP contribution is -2.32. The Bertz CT molecular complexity index is 421. The van der Waals surface area contributed by atoms with Crippen LogP contribution in [0.5, 0.6) is 5.75 Å². The highest BCUT2D eigenvalue weighted by atomic mass is 19.3. The van der Waals surface area contributed by atoms with Crippen molar-refractivity contribution >= 4 is 5.97 Å². The Morgan fingerprint density at radius 1 is 1.30 bits per heavy atom. The lowest BCUT2D eigenvalue weighted by atomic mass is 10.1. The SMILES string of the molecule is CC(C)N(CCC(=O)O)Cc1ccc(OC(F)F)cc1. The summed E-state index contributed by atoms with van der Waals surface area (Å²) in [6.45, 7) is 2.15. The summed E-state index contributed by atoms with van der Waals surface area (Å²) in [5.41, 5.74) is 0.922. The molecule has 0 amide bonds. The Balaban J connectivity index is 2.61. The van der Waals surface area contributed by atoms with Crippen LogP contribution in [-0.2, 0) is 11.3 Å². The van der Waals surface area contributed by atoms with Crippen LogP contribution in [-0.4, -0.2) is 35.2 Å². The number of halogens is 2. The summed E-state index contributed by atoms with van der Waals surface area (Å²) >= 11 is 0. The zero-order valence-electron chi connectivity index (χ0n) is 11.6. The van der Waals surface area contributed by atoms with E-state index < -0.39 is 12.6 Å². The van der Waals surface area contributed by atoms with Gasteiger partial charge in [0.1, 0.15) is 5.75 Å². The number of rotatable bonds is 8. The number of carbonyl (C=O) groups is 1. The van der Waals surface area contributed by atoms with Crippen LogP contribution in [0, 0.1) is 0 Å². The van der Waals surface area contributed by atoms with Crippen molar-refractivity contribution in [2.45, 2.75) is 39.5 Å². The van der Waals surface area contributed by atoms with Gasteiger partial charge in [0.2, 0.25) is 0 Å². The second kappa shape index (κ2) is 7.79. The molecule has 0 heterocycles. The standard InChI is InChI=1S/C14H19F2NO3/c1-10(2)17(8-7-13(18)19)9-11-3-5-12(6-4-11)20-14(15)16/h3-6,10,14H,7-9H2,1-2H3,(H,18,19). The minimum Gasteiger partial charge on any atom is -0.481 e. The number of hydrogen-bond acceptors (Lipinski definition) is 3. The lowest BCUT2D eigenvalue weighted by molar-refractivity contribution is -0.137. The summed E-state index contributed by atoms with van der Waals surface area (Å²) in [6.07, 6.45) is 0.0742. The van der Waals surface area contributed by atoms with E-state index in [1.54, 1.807) is 12.1 Å². The van der Waals surface area contributed by atoms with Gasteiger partial charge in [-0.1, -0.05) is 12.1 Å². The van der Waals surface area contributed by atoms with Crippen molar-refractivity contribution in [2.24, 2.45) is 0 Å². The molecule has 20 heavy (non-hydrogen) atoms. The van der Waals surface area contributed by atoms with Crippen molar-refractivity contribution < 1.29 is 23.4 Å². The molecule has 1 aromatic rings. The smallest absolute Gasteiger partial charge is 0.387 e. The van der Waals surface area contributed by atoms with Crippen LogP contribution in [0.2, 0.25) is 0 Å². The quantitative estimate of drug-likeness (QED) is 0.798. The lowest BCUT2D eigenvalue weighted by Gasteiger charge is -2.25. The molecule has 0 spiro atoms. The predicted molar refractivity (Wildman–Crippen MR) is 70.9 cm³/mol. The highest BCUT2D eigenvalue weighted by Gasteiger charge is 2.12. The van der Waals surface area contributed by atoms with E-state index in [1.807, 2.05) is 18.7 Å². The maximum absolute atomic E-state index is 12.0. The van der Waals surface area contributed by atoms with E-state index in [2.05, 4.69) is 4.74 Å². The summed E-state index contributed by atoms with van der Waals surface area (Å²) < 4.78 is 28.3. The second-order valence-corrected chi connectivity index (χ2v) is 4.73. The van der Waals surface area contributed by atoms with E-state index in [0.29, 0.717) is 13.1 Å². The molecule has 4 nitrogen and oxygen atoms in total. The first kappa shape index (κ1) is 16.4. The zero-order chi connectivity index (χ0) is 15.1. The average Bonchev–Trinajstić information content (AvgIpc) is 2.35. The molecule has 1 N–H and O–H groups in total. The van der Waals surface area contributed by atoms with Crippen LogP contribution in [0.4, 0.5) is 8.78 Å². The molecule has 0 aliphatic heterocycles. The number of benzene rings is 1. The highest BCUT2D eigenvalue weighted by Crippen LogP contribution is 2.16. The van der Waals surface area contributed by atoms with Crippen LogP contribution in [0.15, 0.2) is 24.3 Å². The molecule has 1 rings (SSSR count). The minimum atomic E-state index is -2.83. The molecule has 0 aromatic heterocycles. The number of aliphatic carboxylic acids is 1. The molecule has 0 fully saturated rings. The molecule has 0 aliphatic carbocycles. The van der Waals surface area contributed by atoms with Crippen molar-refractivity contribution in [3.05, 3.63) is 29.8 Å². The average molecular weight is 287 g/mol. The van der Waals surface area contributed by atoms with Crippen LogP contribution < -0.4 is 4.74 Å². The molecule has 0 saturated heterocycles. The van der Waals surface area contributed by atoms with E-state index in [9.17, 15) is 13.6 Å². The molecule has 0 atom stereocenters. The van der Waals surface area contributed by atoms with Crippen LogP contribution in [0.3, 0.4) is 0 Å². The van der Waals surface area contributed by atoms with Gasteiger partial charge in [-0.05, 0) is 31.5 Å². The van der Waals surface area contributed by atoms with Crippen molar-refractivity contribution in [1.82, 2.24) is 4.90 Å². The number of nitrogens with zero attached hydrogens (tertiary/aromatic N) is 1. The van der Waals surface area contributed by atoms with Gasteiger partial charge in [-0.3, -0.25) is 9.69 Å². The summed E-state index contributed by atoms with van der Waals surface area (Å²) in [4.78, 5) is 12.6. The van der Waals surface area contributed by atoms with Crippen LogP contribution in [0.1, 0.15) is 25.8 Å². The number of carboxylic acid groups (broad SMARTS) is 1. The number of alkyl halides is 2. The first-order valence-corrected chi connectivity index (χ1v) is 6.38. The topological polar surface area (TPSA) is 49.8 Å². The fraction of sp³-hybridized carbons (Fsp3) is 0.500. The predicted octanol–water partition coefficient (Wildman–Crippen LogP) is 2.97. The van der Waals surface area contributed by atoms with Gasteiger partial charge >= 0.3 is 12.6 Å². The molecule has 0 radical (unpaired) electrons. The number of ether oxygens (including phenoxy) is 1. The number of carboxylic acids is 1. The minimum absolute atomic E-state index is 0.0742. The molecule has 0 unspecified atom stereocenters. The Labute approximate surface area is 117 Å². The molecule has 6 heteroatoms. The summed E-state index contributed by atoms with van der Waals surface area (Å²) in [6, 6.07) is 6.57. The Hall–Kier alpha value is -1.69. The molecule has 0 bridgehead atoms. The van der Waals surface area contributed by atoms with Gasteiger partial charge in [0.15, 0.2) is 0 Å². The van der Waals surface area contributed by atoms with Gasteiger partial charge in [0.25, 0.3) is 0 Å². The second-order valence-electron chi connectivity index (χ2n) is 4.73. The first-order valence-electron chi connectivity index (χ1n) is 6.38. The van der Waals surface area contributed by atoms with E-state index >= 15 is 0 Å². The van der Waals surface area contributed by atoms with Crippen LogP contribution in [0.25, 0.3) is 0 Å². The van der Waals surface area contributed by atoms with Crippen molar-refractivity contribution in [2.75, 3.05) is 6.54 Å². The van der Waals surface area contributed by atoms with Gasteiger partial charge in [-0.25, -0.2) is 0 Å². The maximum Gasteiger partial charge on any atom is 0.387 e. The fourth-order valence-corrected chi connectivity index (χ4v) is 1.77. The zero-order valence-corrected chi connectivity index (χ0v) is 11.6. The maximum atomic E-state index is 12.0. The third-order valence-corrected chi connectivity index (χ3v) is 2.88. The van der Waals surface area contributed by atoms with Gasteiger partial charge in [0, 0.05) is 19.1 Å². The molecule has 0 aliphatic rings. The normalized spacial score (nSPS) is 11.3. The Morgan fingerprint density at radius 2 is 1.90 bits per heavy atom. The molecule has 112 valence electrons. The van der Waals surface area contributed by atoms with E-state index in [-0.39, 0.29) is 18.2 Å². The number of hydrogen-bond donors (Lipinski definition) is 1. The Morgan fingerprint density at radius 3 is 2.35 bits per heavy atom. The Kier molecular flexibility index (Phi) is 6.38. The van der Waals surface area contributed by atoms with Crippen LogP contribution >= 0.6 is 0 Å². The molecular weight excluding hydrogens is 268 g/mol.